The molecule has 0 saturated heterocycles. The lowest BCUT2D eigenvalue weighted by molar-refractivity contribution is -0.136. The summed E-state index contributed by atoms with van der Waals surface area (Å²) in [5, 5.41) is 9.31. The summed E-state index contributed by atoms with van der Waals surface area (Å²) in [5.41, 5.74) is 1.37. The molecule has 2 aromatic heterocycles. The van der Waals surface area contributed by atoms with Gasteiger partial charge in [0.1, 0.15) is 5.82 Å². The first-order valence-corrected chi connectivity index (χ1v) is 7.99. The number of hydrogen-bond acceptors (Lipinski definition) is 5. The van der Waals surface area contributed by atoms with Crippen LogP contribution in [0.4, 0.5) is 5.82 Å². The van der Waals surface area contributed by atoms with Crippen molar-refractivity contribution in [3.63, 3.8) is 0 Å². The van der Waals surface area contributed by atoms with E-state index < -0.39 is 11.8 Å². The van der Waals surface area contributed by atoms with E-state index in [1.54, 1.807) is 26.8 Å². The van der Waals surface area contributed by atoms with Gasteiger partial charge in [-0.1, -0.05) is 6.92 Å². The minimum Gasteiger partial charge on any atom is -0.345 e. The topological polar surface area (TPSA) is 122 Å². The molecule has 0 fully saturated rings. The third-order valence-electron chi connectivity index (χ3n) is 3.85. The molecule has 0 radical (unpaired) electrons. The van der Waals surface area contributed by atoms with Crippen LogP contribution in [0.1, 0.15) is 37.2 Å². The Labute approximate surface area is 144 Å². The predicted octanol–water partition coefficient (Wildman–Crippen LogP) is 0.734. The van der Waals surface area contributed by atoms with E-state index in [0.717, 1.165) is 0 Å². The molecule has 2 amide bonds. The van der Waals surface area contributed by atoms with Crippen LogP contribution < -0.4 is 16.2 Å². The number of hydrogen-bond donors (Lipinski definition) is 3. The third kappa shape index (κ3) is 4.11. The Hall–Kier alpha value is -2.97. The monoisotopic (exact) mass is 346 g/mol. The van der Waals surface area contributed by atoms with E-state index in [-0.39, 0.29) is 23.4 Å². The maximum Gasteiger partial charge on any atom is 0.314 e. The Kier molecular flexibility index (Phi) is 5.35. The van der Waals surface area contributed by atoms with E-state index in [1.807, 2.05) is 13.8 Å². The summed E-state index contributed by atoms with van der Waals surface area (Å²) in [6.07, 6.45) is 0.712. The van der Waals surface area contributed by atoms with E-state index in [0.29, 0.717) is 23.4 Å². The first kappa shape index (κ1) is 18.4. The second-order valence-corrected chi connectivity index (χ2v) is 5.92. The molecular weight excluding hydrogens is 324 g/mol. The molecule has 3 N–H and O–H groups in total. The number of aromatic amines is 1. The number of nitrogens with zero attached hydrogens (tertiary/aromatic N) is 3. The van der Waals surface area contributed by atoms with Crippen LogP contribution in [0.3, 0.4) is 0 Å². The quantitative estimate of drug-likeness (QED) is 0.705. The summed E-state index contributed by atoms with van der Waals surface area (Å²) in [5.74, 6) is -1.14. The molecule has 0 bridgehead atoms. The molecule has 1 atom stereocenters. The molecule has 1 unspecified atom stereocenters. The number of carbonyl (C=O) groups is 2. The van der Waals surface area contributed by atoms with Gasteiger partial charge < -0.3 is 10.6 Å². The molecule has 0 aliphatic rings. The minimum atomic E-state index is -0.812. The number of carbonyl (C=O) groups excluding carboxylic acids is 2. The molecule has 2 heterocycles. The van der Waals surface area contributed by atoms with Crippen LogP contribution >= 0.6 is 0 Å². The summed E-state index contributed by atoms with van der Waals surface area (Å²) in [6.45, 7) is 8.82. The molecule has 0 aliphatic carbocycles. The molecule has 25 heavy (non-hydrogen) atoms. The number of H-pyrrole nitrogens is 1. The maximum atomic E-state index is 12.1. The molecule has 134 valence electrons. The fourth-order valence-electron chi connectivity index (χ4n) is 2.05. The number of anilines is 1. The predicted molar refractivity (Wildman–Crippen MR) is 92.7 cm³/mol. The maximum absolute atomic E-state index is 12.1. The summed E-state index contributed by atoms with van der Waals surface area (Å²) in [4.78, 5) is 42.8. The molecule has 0 aromatic carbocycles. The van der Waals surface area contributed by atoms with Gasteiger partial charge in [0.15, 0.2) is 0 Å². The van der Waals surface area contributed by atoms with Gasteiger partial charge in [0.05, 0.1) is 5.69 Å². The zero-order valence-electron chi connectivity index (χ0n) is 14.9. The second-order valence-electron chi connectivity index (χ2n) is 5.92. The highest BCUT2D eigenvalue weighted by Gasteiger charge is 2.19. The summed E-state index contributed by atoms with van der Waals surface area (Å²) in [7, 11) is 0. The van der Waals surface area contributed by atoms with Gasteiger partial charge >= 0.3 is 11.8 Å². The van der Waals surface area contributed by atoms with Crippen molar-refractivity contribution in [2.45, 2.75) is 47.1 Å². The van der Waals surface area contributed by atoms with Crippen molar-refractivity contribution in [3.05, 3.63) is 33.4 Å². The van der Waals surface area contributed by atoms with Gasteiger partial charge in [-0.25, -0.2) is 4.98 Å². The average Bonchev–Trinajstić information content (AvgIpc) is 2.92. The van der Waals surface area contributed by atoms with Crippen molar-refractivity contribution in [2.75, 3.05) is 5.32 Å². The van der Waals surface area contributed by atoms with Gasteiger partial charge in [0.25, 0.3) is 5.56 Å². The van der Waals surface area contributed by atoms with Gasteiger partial charge in [-0.2, -0.15) is 9.78 Å². The Morgan fingerprint density at radius 3 is 2.56 bits per heavy atom. The van der Waals surface area contributed by atoms with Gasteiger partial charge in [-0.05, 0) is 34.1 Å². The highest BCUT2D eigenvalue weighted by Crippen LogP contribution is 2.14. The van der Waals surface area contributed by atoms with E-state index in [4.69, 9.17) is 0 Å². The van der Waals surface area contributed by atoms with Gasteiger partial charge in [-0.15, -0.1) is 0 Å². The van der Waals surface area contributed by atoms with Crippen LogP contribution in [0.25, 0.3) is 5.95 Å². The van der Waals surface area contributed by atoms with Crippen LogP contribution in [-0.4, -0.2) is 37.6 Å². The first-order chi connectivity index (χ1) is 11.7. The number of aromatic nitrogens is 4. The smallest absolute Gasteiger partial charge is 0.314 e. The van der Waals surface area contributed by atoms with E-state index >= 15 is 0 Å². The molecule has 0 aliphatic heterocycles. The SMILES string of the molecule is CCC(C)NC(=O)C(=O)Nc1cc(C)nn1-c1nc(C)c(C)c(=O)[nH]1. The number of nitrogens with one attached hydrogen (secondary N) is 3. The molecule has 9 nitrogen and oxygen atoms in total. The highest BCUT2D eigenvalue weighted by molar-refractivity contribution is 6.39. The lowest BCUT2D eigenvalue weighted by atomic mass is 10.2. The Morgan fingerprint density at radius 1 is 1.28 bits per heavy atom. The van der Waals surface area contributed by atoms with Crippen LogP contribution in [0, 0.1) is 20.8 Å². The standard InChI is InChI=1S/C16H22N6O3/c1-6-8(2)17-14(24)15(25)19-12-7-9(3)21-22(12)16-18-11(5)10(4)13(23)20-16/h7-8H,6H2,1-5H3,(H,17,24)(H,19,25)(H,18,20,23). The number of aryl methyl sites for hydroxylation is 2. The number of amides is 2. The average molecular weight is 346 g/mol. The second kappa shape index (κ2) is 7.29. The van der Waals surface area contributed by atoms with Crippen LogP contribution in [0.15, 0.2) is 10.9 Å². The minimum absolute atomic E-state index is 0.109. The largest absolute Gasteiger partial charge is 0.345 e. The first-order valence-electron chi connectivity index (χ1n) is 7.99. The van der Waals surface area contributed by atoms with Crippen molar-refractivity contribution in [2.24, 2.45) is 0 Å². The zero-order chi connectivity index (χ0) is 18.7. The van der Waals surface area contributed by atoms with Crippen LogP contribution in [0.5, 0.6) is 0 Å². The van der Waals surface area contributed by atoms with E-state index in [9.17, 15) is 14.4 Å². The Morgan fingerprint density at radius 2 is 1.96 bits per heavy atom. The van der Waals surface area contributed by atoms with Crippen molar-refractivity contribution in [1.82, 2.24) is 25.1 Å². The molecule has 2 rings (SSSR count). The van der Waals surface area contributed by atoms with Crippen LogP contribution in [-0.2, 0) is 9.59 Å². The van der Waals surface area contributed by atoms with Crippen molar-refractivity contribution in [1.29, 1.82) is 0 Å². The summed E-state index contributed by atoms with van der Waals surface area (Å²) >= 11 is 0. The van der Waals surface area contributed by atoms with Gasteiger partial charge in [0, 0.05) is 23.4 Å². The Bertz CT molecular complexity index is 867. The number of rotatable bonds is 4. The Balaban J connectivity index is 2.31. The summed E-state index contributed by atoms with van der Waals surface area (Å²) in [6, 6.07) is 1.48. The van der Waals surface area contributed by atoms with E-state index in [1.165, 1.54) is 4.68 Å². The lowest BCUT2D eigenvalue weighted by Crippen LogP contribution is -2.40. The van der Waals surface area contributed by atoms with Crippen LogP contribution in [0.2, 0.25) is 0 Å². The summed E-state index contributed by atoms with van der Waals surface area (Å²) < 4.78 is 1.29. The van der Waals surface area contributed by atoms with Crippen molar-refractivity contribution < 1.29 is 9.59 Å². The fraction of sp³-hybridized carbons (Fsp3) is 0.438. The molecule has 0 spiro atoms. The van der Waals surface area contributed by atoms with Gasteiger partial charge in [-0.3, -0.25) is 19.4 Å². The fourth-order valence-corrected chi connectivity index (χ4v) is 2.05. The van der Waals surface area contributed by atoms with Crippen molar-refractivity contribution in [3.8, 4) is 5.95 Å². The van der Waals surface area contributed by atoms with Crippen molar-refractivity contribution >= 4 is 17.6 Å². The zero-order valence-corrected chi connectivity index (χ0v) is 14.9. The molecule has 2 aromatic rings. The third-order valence-corrected chi connectivity index (χ3v) is 3.85. The molecule has 0 saturated carbocycles. The molecular formula is C16H22N6O3. The molecule has 9 heteroatoms. The highest BCUT2D eigenvalue weighted by atomic mass is 16.2. The van der Waals surface area contributed by atoms with Gasteiger partial charge in [0.2, 0.25) is 5.95 Å². The lowest BCUT2D eigenvalue weighted by Gasteiger charge is -2.12. The van der Waals surface area contributed by atoms with E-state index in [2.05, 4.69) is 25.7 Å². The normalized spacial score (nSPS) is 11.9.